The predicted molar refractivity (Wildman–Crippen MR) is 84.8 cm³/mol. The third kappa shape index (κ3) is 3.58. The van der Waals surface area contributed by atoms with Crippen LogP contribution in [0.25, 0.3) is 10.9 Å². The summed E-state index contributed by atoms with van der Waals surface area (Å²) in [4.78, 5) is 26.6. The van der Waals surface area contributed by atoms with Gasteiger partial charge in [-0.1, -0.05) is 0 Å². The van der Waals surface area contributed by atoms with Crippen LogP contribution in [0.2, 0.25) is 0 Å². The van der Waals surface area contributed by atoms with E-state index in [2.05, 4.69) is 15.6 Å². The summed E-state index contributed by atoms with van der Waals surface area (Å²) in [6.07, 6.45) is 2.27. The molecule has 2 aromatic rings. The number of carbonyl (C=O) groups excluding carboxylic acids is 2. The predicted octanol–water partition coefficient (Wildman–Crippen LogP) is 1.36. The van der Waals surface area contributed by atoms with Crippen molar-refractivity contribution in [1.82, 2.24) is 15.6 Å². The smallest absolute Gasteiger partial charge is 0.242 e. The van der Waals surface area contributed by atoms with Crippen LogP contribution >= 0.6 is 0 Å². The van der Waals surface area contributed by atoms with Crippen molar-refractivity contribution >= 4 is 22.7 Å². The molecule has 0 aliphatic heterocycles. The van der Waals surface area contributed by atoms with Gasteiger partial charge in [-0.15, -0.1) is 0 Å². The van der Waals surface area contributed by atoms with E-state index in [1.165, 1.54) is 6.92 Å². The molecular formula is C16H21N3O3. The lowest BCUT2D eigenvalue weighted by Crippen LogP contribution is -2.47. The minimum absolute atomic E-state index is 0.185. The topological polar surface area (TPSA) is 83.2 Å². The van der Waals surface area contributed by atoms with Crippen LogP contribution in [0.5, 0.6) is 5.75 Å². The summed E-state index contributed by atoms with van der Waals surface area (Å²) in [5.74, 6) is 0.339. The van der Waals surface area contributed by atoms with E-state index < -0.39 is 6.04 Å². The van der Waals surface area contributed by atoms with Gasteiger partial charge < -0.3 is 20.4 Å². The van der Waals surface area contributed by atoms with Crippen LogP contribution in [0.4, 0.5) is 0 Å². The Balaban J connectivity index is 2.28. The third-order valence-electron chi connectivity index (χ3n) is 3.44. The molecule has 6 heteroatoms. The molecule has 1 heterocycles. The lowest BCUT2D eigenvalue weighted by Gasteiger charge is -2.16. The maximum atomic E-state index is 12.1. The molecule has 1 aromatic carbocycles. The van der Waals surface area contributed by atoms with Gasteiger partial charge in [-0.2, -0.15) is 0 Å². The van der Waals surface area contributed by atoms with Crippen LogP contribution in [0.3, 0.4) is 0 Å². The number of aromatic amines is 1. The maximum Gasteiger partial charge on any atom is 0.242 e. The molecule has 0 unspecified atom stereocenters. The zero-order valence-electron chi connectivity index (χ0n) is 13.0. The molecule has 22 heavy (non-hydrogen) atoms. The van der Waals surface area contributed by atoms with Gasteiger partial charge in [0, 0.05) is 37.0 Å². The van der Waals surface area contributed by atoms with Crippen LogP contribution in [-0.2, 0) is 16.0 Å². The van der Waals surface area contributed by atoms with Crippen molar-refractivity contribution in [3.8, 4) is 5.75 Å². The maximum absolute atomic E-state index is 12.1. The molecule has 0 spiro atoms. The molecule has 0 bridgehead atoms. The minimum atomic E-state index is -0.595. The Bertz CT molecular complexity index is 678. The number of hydrogen-bond acceptors (Lipinski definition) is 3. The normalized spacial score (nSPS) is 12.0. The zero-order chi connectivity index (χ0) is 16.1. The van der Waals surface area contributed by atoms with Crippen molar-refractivity contribution in [3.63, 3.8) is 0 Å². The Kier molecular flexibility index (Phi) is 5.04. The Morgan fingerprint density at radius 1 is 1.36 bits per heavy atom. The highest BCUT2D eigenvalue weighted by molar-refractivity contribution is 5.89. The van der Waals surface area contributed by atoms with Gasteiger partial charge in [0.1, 0.15) is 11.8 Å². The molecule has 0 fully saturated rings. The second-order valence-corrected chi connectivity index (χ2v) is 5.08. The highest BCUT2D eigenvalue weighted by Gasteiger charge is 2.20. The molecular weight excluding hydrogens is 282 g/mol. The molecule has 6 nitrogen and oxygen atoms in total. The first kappa shape index (κ1) is 15.9. The Labute approximate surface area is 129 Å². The SMILES string of the molecule is CCNC(=O)[C@H](Cc1c[nH]c2ccc(OC)cc12)NC(C)=O. The molecule has 0 saturated carbocycles. The van der Waals surface area contributed by atoms with Gasteiger partial charge >= 0.3 is 0 Å². The number of benzene rings is 1. The number of amides is 2. The van der Waals surface area contributed by atoms with E-state index in [0.717, 1.165) is 22.2 Å². The minimum Gasteiger partial charge on any atom is -0.497 e. The van der Waals surface area contributed by atoms with Gasteiger partial charge in [0.25, 0.3) is 0 Å². The number of nitrogens with one attached hydrogen (secondary N) is 3. The summed E-state index contributed by atoms with van der Waals surface area (Å²) in [5.41, 5.74) is 1.92. The summed E-state index contributed by atoms with van der Waals surface area (Å²) in [6.45, 7) is 3.78. The van der Waals surface area contributed by atoms with Crippen molar-refractivity contribution in [2.75, 3.05) is 13.7 Å². The number of ether oxygens (including phenoxy) is 1. The highest BCUT2D eigenvalue weighted by atomic mass is 16.5. The number of H-pyrrole nitrogens is 1. The molecule has 118 valence electrons. The standard InChI is InChI=1S/C16H21N3O3/c1-4-17-16(21)15(19-10(2)20)7-11-9-18-14-6-5-12(22-3)8-13(11)14/h5-6,8-9,15,18H,4,7H2,1-3H3,(H,17,21)(H,19,20)/t15-/m0/s1. The number of rotatable bonds is 6. The number of carbonyl (C=O) groups is 2. The Morgan fingerprint density at radius 2 is 2.14 bits per heavy atom. The number of methoxy groups -OCH3 is 1. The molecule has 1 aromatic heterocycles. The summed E-state index contributed by atoms with van der Waals surface area (Å²) >= 11 is 0. The molecule has 2 amide bonds. The fourth-order valence-corrected chi connectivity index (χ4v) is 2.43. The van der Waals surface area contributed by atoms with Crippen molar-refractivity contribution < 1.29 is 14.3 Å². The molecule has 1 atom stereocenters. The number of likely N-dealkylation sites (N-methyl/N-ethyl adjacent to an activating group) is 1. The average molecular weight is 303 g/mol. The number of hydrogen-bond donors (Lipinski definition) is 3. The van der Waals surface area contributed by atoms with Crippen molar-refractivity contribution in [2.45, 2.75) is 26.3 Å². The summed E-state index contributed by atoms with van der Waals surface area (Å²) < 4.78 is 5.24. The average Bonchev–Trinajstić information content (AvgIpc) is 2.88. The summed E-state index contributed by atoms with van der Waals surface area (Å²) in [6, 6.07) is 5.13. The van der Waals surface area contributed by atoms with E-state index in [9.17, 15) is 9.59 Å². The molecule has 3 N–H and O–H groups in total. The first-order valence-corrected chi connectivity index (χ1v) is 7.24. The summed E-state index contributed by atoms with van der Waals surface area (Å²) in [5, 5.41) is 6.43. The largest absolute Gasteiger partial charge is 0.497 e. The molecule has 0 saturated heterocycles. The summed E-state index contributed by atoms with van der Waals surface area (Å²) in [7, 11) is 1.61. The van der Waals surface area contributed by atoms with Crippen LogP contribution in [0.15, 0.2) is 24.4 Å². The first-order chi connectivity index (χ1) is 10.5. The second-order valence-electron chi connectivity index (χ2n) is 5.08. The van der Waals surface area contributed by atoms with Crippen LogP contribution < -0.4 is 15.4 Å². The van der Waals surface area contributed by atoms with E-state index in [0.29, 0.717) is 13.0 Å². The molecule has 0 radical (unpaired) electrons. The number of fused-ring (bicyclic) bond motifs is 1. The fourth-order valence-electron chi connectivity index (χ4n) is 2.43. The third-order valence-corrected chi connectivity index (χ3v) is 3.44. The fraction of sp³-hybridized carbons (Fsp3) is 0.375. The molecule has 2 rings (SSSR count). The lowest BCUT2D eigenvalue weighted by molar-refractivity contribution is -0.128. The van der Waals surface area contributed by atoms with Gasteiger partial charge in [-0.25, -0.2) is 0 Å². The van der Waals surface area contributed by atoms with E-state index in [1.54, 1.807) is 7.11 Å². The van der Waals surface area contributed by atoms with E-state index in [1.807, 2.05) is 31.3 Å². The first-order valence-electron chi connectivity index (χ1n) is 7.24. The van der Waals surface area contributed by atoms with Crippen molar-refractivity contribution in [1.29, 1.82) is 0 Å². The van der Waals surface area contributed by atoms with Crippen LogP contribution in [0.1, 0.15) is 19.4 Å². The Morgan fingerprint density at radius 3 is 2.77 bits per heavy atom. The zero-order valence-corrected chi connectivity index (χ0v) is 13.0. The van der Waals surface area contributed by atoms with E-state index in [4.69, 9.17) is 4.74 Å². The molecule has 0 aliphatic rings. The lowest BCUT2D eigenvalue weighted by atomic mass is 10.0. The van der Waals surface area contributed by atoms with Gasteiger partial charge in [0.2, 0.25) is 11.8 Å². The Hall–Kier alpha value is -2.50. The van der Waals surface area contributed by atoms with Gasteiger partial charge in [-0.05, 0) is 30.7 Å². The second kappa shape index (κ2) is 6.98. The van der Waals surface area contributed by atoms with Gasteiger partial charge in [-0.3, -0.25) is 9.59 Å². The van der Waals surface area contributed by atoms with E-state index >= 15 is 0 Å². The van der Waals surface area contributed by atoms with Gasteiger partial charge in [0.05, 0.1) is 7.11 Å². The monoisotopic (exact) mass is 303 g/mol. The van der Waals surface area contributed by atoms with Crippen LogP contribution in [0, 0.1) is 0 Å². The van der Waals surface area contributed by atoms with E-state index in [-0.39, 0.29) is 11.8 Å². The quantitative estimate of drug-likeness (QED) is 0.753. The molecule has 0 aliphatic carbocycles. The highest BCUT2D eigenvalue weighted by Crippen LogP contribution is 2.24. The van der Waals surface area contributed by atoms with Crippen molar-refractivity contribution in [2.24, 2.45) is 0 Å². The van der Waals surface area contributed by atoms with Gasteiger partial charge in [0.15, 0.2) is 0 Å². The van der Waals surface area contributed by atoms with Crippen molar-refractivity contribution in [3.05, 3.63) is 30.0 Å². The number of aromatic nitrogens is 1. The van der Waals surface area contributed by atoms with Crippen LogP contribution in [-0.4, -0.2) is 36.5 Å².